The van der Waals surface area contributed by atoms with Crippen LogP contribution in [0.25, 0.3) is 0 Å². The van der Waals surface area contributed by atoms with Crippen LogP contribution in [0.2, 0.25) is 0 Å². The fourth-order valence-electron chi connectivity index (χ4n) is 2.46. The molecule has 1 atom stereocenters. The van der Waals surface area contributed by atoms with Crippen molar-refractivity contribution in [1.29, 1.82) is 0 Å². The van der Waals surface area contributed by atoms with Crippen LogP contribution in [-0.4, -0.2) is 50.7 Å². The standard InChI is InChI=1S/C16H24N2O4S/c1-13-5-7-14(8-6-13)12-18(23(2,20)21)10-9-17-16(19)15-4-3-11-22-15/h5-8,15H,3-4,9-12H2,1-2H3,(H,17,19). The lowest BCUT2D eigenvalue weighted by molar-refractivity contribution is -0.130. The van der Waals surface area contributed by atoms with Gasteiger partial charge in [-0.25, -0.2) is 8.42 Å². The van der Waals surface area contributed by atoms with E-state index in [0.29, 0.717) is 13.2 Å². The Morgan fingerprint density at radius 1 is 1.35 bits per heavy atom. The molecule has 2 rings (SSSR count). The van der Waals surface area contributed by atoms with Gasteiger partial charge in [0, 0.05) is 26.2 Å². The molecular formula is C16H24N2O4S. The highest BCUT2D eigenvalue weighted by molar-refractivity contribution is 7.88. The van der Waals surface area contributed by atoms with Crippen molar-refractivity contribution < 1.29 is 17.9 Å². The molecule has 0 aliphatic carbocycles. The number of nitrogens with one attached hydrogen (secondary N) is 1. The lowest BCUT2D eigenvalue weighted by atomic mass is 10.1. The summed E-state index contributed by atoms with van der Waals surface area (Å²) in [6.07, 6.45) is 2.41. The van der Waals surface area contributed by atoms with E-state index in [1.165, 1.54) is 10.6 Å². The second-order valence-electron chi connectivity index (χ2n) is 5.87. The molecule has 1 aliphatic heterocycles. The van der Waals surface area contributed by atoms with Gasteiger partial charge in [0.15, 0.2) is 0 Å². The summed E-state index contributed by atoms with van der Waals surface area (Å²) in [5.41, 5.74) is 2.05. The highest BCUT2D eigenvalue weighted by atomic mass is 32.2. The summed E-state index contributed by atoms with van der Waals surface area (Å²) in [5.74, 6) is -0.161. The monoisotopic (exact) mass is 340 g/mol. The zero-order valence-corrected chi connectivity index (χ0v) is 14.4. The summed E-state index contributed by atoms with van der Waals surface area (Å²) in [6.45, 7) is 3.41. The van der Waals surface area contributed by atoms with E-state index in [-0.39, 0.29) is 19.0 Å². The van der Waals surface area contributed by atoms with Gasteiger partial charge in [0.05, 0.1) is 6.26 Å². The Kier molecular flexibility index (Phi) is 6.15. The number of amides is 1. The van der Waals surface area contributed by atoms with Gasteiger partial charge >= 0.3 is 0 Å². The third-order valence-corrected chi connectivity index (χ3v) is 5.08. The molecule has 128 valence electrons. The highest BCUT2D eigenvalue weighted by Gasteiger charge is 2.24. The van der Waals surface area contributed by atoms with Gasteiger partial charge in [-0.15, -0.1) is 0 Å². The summed E-state index contributed by atoms with van der Waals surface area (Å²) in [7, 11) is -3.34. The Labute approximate surface area is 137 Å². The van der Waals surface area contributed by atoms with E-state index in [4.69, 9.17) is 4.74 Å². The number of hydrogen-bond acceptors (Lipinski definition) is 4. The Morgan fingerprint density at radius 3 is 2.61 bits per heavy atom. The molecule has 23 heavy (non-hydrogen) atoms. The summed E-state index contributed by atoms with van der Waals surface area (Å²) >= 11 is 0. The molecule has 1 saturated heterocycles. The normalized spacial score (nSPS) is 18.3. The number of carbonyl (C=O) groups is 1. The summed E-state index contributed by atoms with van der Waals surface area (Å²) in [5, 5.41) is 2.75. The summed E-state index contributed by atoms with van der Waals surface area (Å²) < 4.78 is 30.5. The van der Waals surface area contributed by atoms with Crippen LogP contribution in [0.15, 0.2) is 24.3 Å². The topological polar surface area (TPSA) is 75.7 Å². The Hall–Kier alpha value is -1.44. The number of rotatable bonds is 7. The average Bonchev–Trinajstić information content (AvgIpc) is 3.01. The number of carbonyl (C=O) groups excluding carboxylic acids is 1. The fourth-order valence-corrected chi connectivity index (χ4v) is 3.27. The van der Waals surface area contributed by atoms with E-state index < -0.39 is 16.1 Å². The third-order valence-electron chi connectivity index (χ3n) is 3.83. The molecule has 1 unspecified atom stereocenters. The van der Waals surface area contributed by atoms with Crippen molar-refractivity contribution in [3.8, 4) is 0 Å². The van der Waals surface area contributed by atoms with Gasteiger partial charge in [-0.05, 0) is 25.3 Å². The van der Waals surface area contributed by atoms with Crippen LogP contribution in [-0.2, 0) is 26.1 Å². The molecule has 0 bridgehead atoms. The quantitative estimate of drug-likeness (QED) is 0.805. The first kappa shape index (κ1) is 17.9. The SMILES string of the molecule is Cc1ccc(CN(CCNC(=O)C2CCCO2)S(C)(=O)=O)cc1. The fraction of sp³-hybridized carbons (Fsp3) is 0.562. The smallest absolute Gasteiger partial charge is 0.249 e. The largest absolute Gasteiger partial charge is 0.368 e. The molecule has 1 aromatic carbocycles. The van der Waals surface area contributed by atoms with Crippen LogP contribution < -0.4 is 5.32 Å². The van der Waals surface area contributed by atoms with E-state index in [2.05, 4.69) is 5.32 Å². The predicted molar refractivity (Wildman–Crippen MR) is 88.4 cm³/mol. The second-order valence-corrected chi connectivity index (χ2v) is 7.86. The minimum atomic E-state index is -3.34. The molecule has 1 fully saturated rings. The predicted octanol–water partition coefficient (Wildman–Crippen LogP) is 1.05. The van der Waals surface area contributed by atoms with Crippen molar-refractivity contribution in [1.82, 2.24) is 9.62 Å². The van der Waals surface area contributed by atoms with Crippen LogP contribution in [0.1, 0.15) is 24.0 Å². The van der Waals surface area contributed by atoms with Gasteiger partial charge < -0.3 is 10.1 Å². The molecule has 1 aromatic rings. The number of aryl methyl sites for hydroxylation is 1. The zero-order chi connectivity index (χ0) is 16.9. The first-order valence-electron chi connectivity index (χ1n) is 7.76. The first-order valence-corrected chi connectivity index (χ1v) is 9.61. The average molecular weight is 340 g/mol. The first-order chi connectivity index (χ1) is 10.9. The maximum Gasteiger partial charge on any atom is 0.249 e. The number of sulfonamides is 1. The summed E-state index contributed by atoms with van der Waals surface area (Å²) in [4.78, 5) is 11.9. The molecule has 1 N–H and O–H groups in total. The van der Waals surface area contributed by atoms with E-state index in [0.717, 1.165) is 24.0 Å². The molecular weight excluding hydrogens is 316 g/mol. The lowest BCUT2D eigenvalue weighted by Crippen LogP contribution is -2.41. The molecule has 1 heterocycles. The molecule has 0 radical (unpaired) electrons. The van der Waals surface area contributed by atoms with Gasteiger partial charge in [-0.1, -0.05) is 29.8 Å². The van der Waals surface area contributed by atoms with Gasteiger partial charge in [0.1, 0.15) is 6.10 Å². The Balaban J connectivity index is 1.88. The molecule has 0 spiro atoms. The molecule has 1 aliphatic rings. The number of ether oxygens (including phenoxy) is 1. The van der Waals surface area contributed by atoms with Gasteiger partial charge in [-0.2, -0.15) is 4.31 Å². The van der Waals surface area contributed by atoms with Crippen molar-refractivity contribution in [2.75, 3.05) is 26.0 Å². The summed E-state index contributed by atoms with van der Waals surface area (Å²) in [6, 6.07) is 7.74. The molecule has 7 heteroatoms. The number of benzene rings is 1. The van der Waals surface area contributed by atoms with Gasteiger partial charge in [0.25, 0.3) is 0 Å². The van der Waals surface area contributed by atoms with E-state index in [1.54, 1.807) is 0 Å². The van der Waals surface area contributed by atoms with Crippen molar-refractivity contribution in [3.05, 3.63) is 35.4 Å². The van der Waals surface area contributed by atoms with Crippen LogP contribution in [0.3, 0.4) is 0 Å². The number of hydrogen-bond donors (Lipinski definition) is 1. The Morgan fingerprint density at radius 2 is 2.04 bits per heavy atom. The molecule has 1 amide bonds. The van der Waals surface area contributed by atoms with Crippen LogP contribution in [0, 0.1) is 6.92 Å². The zero-order valence-electron chi connectivity index (χ0n) is 13.6. The molecule has 0 saturated carbocycles. The lowest BCUT2D eigenvalue weighted by Gasteiger charge is -2.21. The highest BCUT2D eigenvalue weighted by Crippen LogP contribution is 2.12. The van der Waals surface area contributed by atoms with E-state index in [9.17, 15) is 13.2 Å². The maximum atomic E-state index is 11.9. The molecule has 0 aromatic heterocycles. The number of nitrogens with zero attached hydrogens (tertiary/aromatic N) is 1. The van der Waals surface area contributed by atoms with Gasteiger partial charge in [-0.3, -0.25) is 4.79 Å². The minimum Gasteiger partial charge on any atom is -0.368 e. The maximum absolute atomic E-state index is 11.9. The van der Waals surface area contributed by atoms with Gasteiger partial charge in [0.2, 0.25) is 15.9 Å². The van der Waals surface area contributed by atoms with Crippen molar-refractivity contribution in [3.63, 3.8) is 0 Å². The van der Waals surface area contributed by atoms with Crippen LogP contribution >= 0.6 is 0 Å². The van der Waals surface area contributed by atoms with Crippen molar-refractivity contribution in [2.45, 2.75) is 32.4 Å². The van der Waals surface area contributed by atoms with Crippen LogP contribution in [0.5, 0.6) is 0 Å². The Bertz CT molecular complexity index is 622. The van der Waals surface area contributed by atoms with Crippen molar-refractivity contribution in [2.24, 2.45) is 0 Å². The van der Waals surface area contributed by atoms with Crippen molar-refractivity contribution >= 4 is 15.9 Å². The molecule has 6 nitrogen and oxygen atoms in total. The van der Waals surface area contributed by atoms with E-state index >= 15 is 0 Å². The third kappa shape index (κ3) is 5.60. The minimum absolute atomic E-state index is 0.161. The van der Waals surface area contributed by atoms with E-state index in [1.807, 2.05) is 31.2 Å². The van der Waals surface area contributed by atoms with Crippen LogP contribution in [0.4, 0.5) is 0 Å². The second kappa shape index (κ2) is 7.90.